The van der Waals surface area contributed by atoms with Crippen molar-refractivity contribution in [2.24, 2.45) is 0 Å². The molecule has 0 bridgehead atoms. The molecule has 2 rings (SSSR count). The monoisotopic (exact) mass is 264 g/mol. The summed E-state index contributed by atoms with van der Waals surface area (Å²) >= 11 is 0. The van der Waals surface area contributed by atoms with Crippen molar-refractivity contribution in [3.63, 3.8) is 0 Å². The number of carbonyl (C=O) groups is 1. The molecule has 0 spiro atoms. The number of hydrogen-bond acceptors (Lipinski definition) is 4. The Morgan fingerprint density at radius 1 is 1.58 bits per heavy atom. The van der Waals surface area contributed by atoms with E-state index in [-0.39, 0.29) is 18.4 Å². The van der Waals surface area contributed by atoms with Gasteiger partial charge in [-0.1, -0.05) is 0 Å². The smallest absolute Gasteiger partial charge is 0.372 e. The Bertz CT molecular complexity index is 583. The highest BCUT2D eigenvalue weighted by molar-refractivity contribution is 5.86. The van der Waals surface area contributed by atoms with E-state index in [0.29, 0.717) is 17.1 Å². The van der Waals surface area contributed by atoms with Gasteiger partial charge in [0.25, 0.3) is 0 Å². The first-order valence-corrected chi connectivity index (χ1v) is 5.97. The molecular formula is C13H16N2O4. The minimum Gasteiger partial charge on any atom is -0.482 e. The average Bonchev–Trinajstić information content (AvgIpc) is 2.92. The third-order valence-electron chi connectivity index (χ3n) is 2.65. The second-order valence-electron chi connectivity index (χ2n) is 4.57. The third kappa shape index (κ3) is 2.96. The Balaban J connectivity index is 2.02. The molecule has 2 aromatic rings. The van der Waals surface area contributed by atoms with Crippen molar-refractivity contribution in [3.05, 3.63) is 35.5 Å². The number of ether oxygens (including phenoxy) is 1. The van der Waals surface area contributed by atoms with Crippen molar-refractivity contribution < 1.29 is 19.1 Å². The van der Waals surface area contributed by atoms with Crippen molar-refractivity contribution in [3.8, 4) is 5.75 Å². The van der Waals surface area contributed by atoms with Crippen LogP contribution in [0.25, 0.3) is 0 Å². The van der Waals surface area contributed by atoms with Crippen molar-refractivity contribution in [2.75, 3.05) is 0 Å². The molecular weight excluding hydrogens is 248 g/mol. The third-order valence-corrected chi connectivity index (χ3v) is 2.65. The predicted octanol–water partition coefficient (Wildman–Crippen LogP) is 2.64. The van der Waals surface area contributed by atoms with Gasteiger partial charge in [-0.15, -0.1) is 0 Å². The molecule has 0 atom stereocenters. The molecule has 0 unspecified atom stereocenters. The number of nitrogens with zero attached hydrogens (tertiary/aromatic N) is 2. The molecule has 6 heteroatoms. The molecule has 1 N–H and O–H groups in total. The minimum atomic E-state index is -1.07. The van der Waals surface area contributed by atoms with E-state index in [1.54, 1.807) is 30.1 Å². The van der Waals surface area contributed by atoms with Crippen molar-refractivity contribution in [1.29, 1.82) is 0 Å². The molecule has 0 aliphatic carbocycles. The number of carboxylic acids is 1. The van der Waals surface area contributed by atoms with E-state index in [0.717, 1.165) is 0 Å². The highest BCUT2D eigenvalue weighted by atomic mass is 16.5. The Kier molecular flexibility index (Phi) is 3.59. The summed E-state index contributed by atoms with van der Waals surface area (Å²) in [6.45, 7) is 5.91. The SMILES string of the molecule is Cc1cc(COc2cnn(C(C)C)c2)oc1C(=O)O. The Morgan fingerprint density at radius 3 is 2.84 bits per heavy atom. The fourth-order valence-corrected chi connectivity index (χ4v) is 1.66. The Labute approximate surface area is 110 Å². The lowest BCUT2D eigenvalue weighted by Gasteiger charge is -2.03. The van der Waals surface area contributed by atoms with Crippen molar-refractivity contribution in [1.82, 2.24) is 9.78 Å². The zero-order chi connectivity index (χ0) is 14.0. The number of aromatic nitrogens is 2. The van der Waals surface area contributed by atoms with Crippen LogP contribution in [0.3, 0.4) is 0 Å². The molecule has 0 radical (unpaired) electrons. The van der Waals surface area contributed by atoms with Gasteiger partial charge in [0.05, 0.1) is 12.4 Å². The van der Waals surface area contributed by atoms with E-state index in [1.165, 1.54) is 0 Å². The van der Waals surface area contributed by atoms with E-state index < -0.39 is 5.97 Å². The van der Waals surface area contributed by atoms with Crippen LogP contribution in [0.2, 0.25) is 0 Å². The van der Waals surface area contributed by atoms with Gasteiger partial charge in [0.1, 0.15) is 12.4 Å². The van der Waals surface area contributed by atoms with Crippen LogP contribution in [0.5, 0.6) is 5.75 Å². The number of carboxylic acid groups (broad SMARTS) is 1. The minimum absolute atomic E-state index is 0.0449. The number of hydrogen-bond donors (Lipinski definition) is 1. The second-order valence-corrected chi connectivity index (χ2v) is 4.57. The van der Waals surface area contributed by atoms with E-state index in [1.807, 2.05) is 13.8 Å². The second kappa shape index (κ2) is 5.17. The van der Waals surface area contributed by atoms with Gasteiger partial charge in [0.15, 0.2) is 5.75 Å². The number of aryl methyl sites for hydroxylation is 1. The number of aromatic carboxylic acids is 1. The molecule has 102 valence electrons. The molecule has 0 saturated carbocycles. The molecule has 6 nitrogen and oxygen atoms in total. The van der Waals surface area contributed by atoms with Crippen LogP contribution in [0.4, 0.5) is 0 Å². The lowest BCUT2D eigenvalue weighted by atomic mass is 10.3. The molecule has 0 aliphatic heterocycles. The normalized spacial score (nSPS) is 10.9. The van der Waals surface area contributed by atoms with Crippen LogP contribution >= 0.6 is 0 Å². The largest absolute Gasteiger partial charge is 0.482 e. The van der Waals surface area contributed by atoms with Gasteiger partial charge in [0.2, 0.25) is 5.76 Å². The first-order chi connectivity index (χ1) is 8.97. The van der Waals surface area contributed by atoms with E-state index in [9.17, 15) is 4.79 Å². The summed E-state index contributed by atoms with van der Waals surface area (Å²) in [4.78, 5) is 10.8. The summed E-state index contributed by atoms with van der Waals surface area (Å²) in [7, 11) is 0. The maximum atomic E-state index is 10.8. The topological polar surface area (TPSA) is 77.5 Å². The summed E-state index contributed by atoms with van der Waals surface area (Å²) in [5.41, 5.74) is 0.587. The highest BCUT2D eigenvalue weighted by Gasteiger charge is 2.14. The Morgan fingerprint density at radius 2 is 2.32 bits per heavy atom. The number of rotatable bonds is 5. The summed E-state index contributed by atoms with van der Waals surface area (Å²) < 4.78 is 12.5. The van der Waals surface area contributed by atoms with Crippen molar-refractivity contribution in [2.45, 2.75) is 33.4 Å². The summed E-state index contributed by atoms with van der Waals surface area (Å²) in [6, 6.07) is 1.93. The summed E-state index contributed by atoms with van der Waals surface area (Å²) in [6.07, 6.45) is 3.41. The zero-order valence-corrected chi connectivity index (χ0v) is 11.1. The first-order valence-electron chi connectivity index (χ1n) is 5.97. The molecule has 19 heavy (non-hydrogen) atoms. The molecule has 0 aliphatic rings. The highest BCUT2D eigenvalue weighted by Crippen LogP contribution is 2.18. The predicted molar refractivity (Wildman–Crippen MR) is 67.3 cm³/mol. The maximum absolute atomic E-state index is 10.8. The van der Waals surface area contributed by atoms with Gasteiger partial charge in [-0.05, 0) is 26.8 Å². The van der Waals surface area contributed by atoms with Gasteiger partial charge in [-0.25, -0.2) is 4.79 Å². The van der Waals surface area contributed by atoms with Crippen LogP contribution in [-0.2, 0) is 6.61 Å². The van der Waals surface area contributed by atoms with Crippen LogP contribution in [0.1, 0.15) is 41.8 Å². The van der Waals surface area contributed by atoms with Gasteiger partial charge < -0.3 is 14.3 Å². The first kappa shape index (κ1) is 13.2. The molecule has 2 heterocycles. The molecule has 0 saturated heterocycles. The standard InChI is InChI=1S/C13H16N2O4/c1-8(2)15-6-11(5-14-15)18-7-10-4-9(3)12(19-10)13(16)17/h4-6,8H,7H2,1-3H3,(H,16,17). The van der Waals surface area contributed by atoms with Crippen molar-refractivity contribution >= 4 is 5.97 Å². The molecule has 0 fully saturated rings. The zero-order valence-electron chi connectivity index (χ0n) is 11.1. The van der Waals surface area contributed by atoms with E-state index in [2.05, 4.69) is 5.10 Å². The Hall–Kier alpha value is -2.24. The lowest BCUT2D eigenvalue weighted by Crippen LogP contribution is -2.00. The average molecular weight is 264 g/mol. The van der Waals surface area contributed by atoms with Gasteiger partial charge in [0, 0.05) is 11.6 Å². The summed E-state index contributed by atoms with van der Waals surface area (Å²) in [5.74, 6) is -0.0142. The molecule has 0 aromatic carbocycles. The van der Waals surface area contributed by atoms with Crippen LogP contribution in [-0.4, -0.2) is 20.9 Å². The molecule has 2 aromatic heterocycles. The van der Waals surface area contributed by atoms with Crippen LogP contribution in [0.15, 0.2) is 22.9 Å². The quantitative estimate of drug-likeness (QED) is 0.898. The summed E-state index contributed by atoms with van der Waals surface area (Å²) in [5, 5.41) is 13.0. The lowest BCUT2D eigenvalue weighted by molar-refractivity contribution is 0.0657. The van der Waals surface area contributed by atoms with E-state index >= 15 is 0 Å². The maximum Gasteiger partial charge on any atom is 0.372 e. The van der Waals surface area contributed by atoms with Crippen LogP contribution in [0, 0.1) is 6.92 Å². The van der Waals surface area contributed by atoms with Gasteiger partial charge >= 0.3 is 5.97 Å². The van der Waals surface area contributed by atoms with Gasteiger partial charge in [-0.2, -0.15) is 5.10 Å². The van der Waals surface area contributed by atoms with Crippen LogP contribution < -0.4 is 4.74 Å². The molecule has 0 amide bonds. The van der Waals surface area contributed by atoms with Gasteiger partial charge in [-0.3, -0.25) is 4.68 Å². The number of furan rings is 1. The fraction of sp³-hybridized carbons (Fsp3) is 0.385. The van der Waals surface area contributed by atoms with E-state index in [4.69, 9.17) is 14.3 Å². The fourth-order valence-electron chi connectivity index (χ4n) is 1.66.